The van der Waals surface area contributed by atoms with E-state index in [1.807, 2.05) is 20.8 Å². The summed E-state index contributed by atoms with van der Waals surface area (Å²) in [6, 6.07) is 0.0841. The van der Waals surface area contributed by atoms with Crippen molar-refractivity contribution < 1.29 is 9.26 Å². The van der Waals surface area contributed by atoms with Gasteiger partial charge in [-0.1, -0.05) is 19.0 Å². The van der Waals surface area contributed by atoms with Crippen molar-refractivity contribution in [2.75, 3.05) is 7.11 Å². The number of ether oxygens (including phenoxy) is 1. The highest BCUT2D eigenvalue weighted by Crippen LogP contribution is 2.26. The fourth-order valence-corrected chi connectivity index (χ4v) is 1.31. The summed E-state index contributed by atoms with van der Waals surface area (Å²) in [7, 11) is 1.64. The van der Waals surface area contributed by atoms with Gasteiger partial charge in [-0.2, -0.15) is 4.98 Å². The molecule has 5 nitrogen and oxygen atoms in total. The summed E-state index contributed by atoms with van der Waals surface area (Å²) in [4.78, 5) is 4.33. The maximum absolute atomic E-state index is 5.84. The fraction of sp³-hybridized carbons (Fsp3) is 0.818. The Balaban J connectivity index is 2.78. The summed E-state index contributed by atoms with van der Waals surface area (Å²) in [5, 5.41) is 3.92. The van der Waals surface area contributed by atoms with Crippen molar-refractivity contribution in [2.24, 2.45) is 5.73 Å². The van der Waals surface area contributed by atoms with Crippen LogP contribution in [0.5, 0.6) is 0 Å². The van der Waals surface area contributed by atoms with Crippen molar-refractivity contribution in [2.45, 2.75) is 51.7 Å². The van der Waals surface area contributed by atoms with Crippen LogP contribution in [0.15, 0.2) is 4.52 Å². The molecule has 92 valence electrons. The van der Waals surface area contributed by atoms with E-state index in [1.54, 1.807) is 7.11 Å². The zero-order valence-corrected chi connectivity index (χ0v) is 10.5. The smallest absolute Gasteiger partial charge is 0.258 e. The Bertz CT molecular complexity index is 321. The molecule has 0 aliphatic heterocycles. The van der Waals surface area contributed by atoms with Crippen molar-refractivity contribution >= 4 is 0 Å². The quantitative estimate of drug-likeness (QED) is 0.799. The Kier molecular flexibility index (Phi) is 4.44. The monoisotopic (exact) mass is 227 g/mol. The average molecular weight is 227 g/mol. The van der Waals surface area contributed by atoms with Crippen molar-refractivity contribution in [1.29, 1.82) is 0 Å². The molecular formula is C11H21N3O2. The Morgan fingerprint density at radius 3 is 2.69 bits per heavy atom. The summed E-state index contributed by atoms with van der Waals surface area (Å²) in [5.74, 6) is 1.18. The minimum atomic E-state index is -0.498. The van der Waals surface area contributed by atoms with Crippen LogP contribution in [0.3, 0.4) is 0 Å². The van der Waals surface area contributed by atoms with Crippen molar-refractivity contribution in [1.82, 2.24) is 10.1 Å². The molecule has 2 N–H and O–H groups in total. The van der Waals surface area contributed by atoms with E-state index >= 15 is 0 Å². The SMILES string of the molecule is CCC(N)Cc1noc(C(C)(CC)OC)n1. The molecule has 5 heteroatoms. The second-order valence-electron chi connectivity index (χ2n) is 4.18. The molecule has 2 unspecified atom stereocenters. The van der Waals surface area contributed by atoms with Crippen LogP contribution in [-0.4, -0.2) is 23.3 Å². The minimum Gasteiger partial charge on any atom is -0.369 e. The van der Waals surface area contributed by atoms with Gasteiger partial charge >= 0.3 is 0 Å². The number of nitrogens with zero attached hydrogens (tertiary/aromatic N) is 2. The van der Waals surface area contributed by atoms with E-state index in [0.29, 0.717) is 18.1 Å². The minimum absolute atomic E-state index is 0.0841. The molecule has 0 amide bonds. The van der Waals surface area contributed by atoms with E-state index in [1.165, 1.54) is 0 Å². The number of nitrogens with two attached hydrogens (primary N) is 1. The predicted octanol–water partition coefficient (Wildman–Crippen LogP) is 1.62. The molecule has 0 aromatic carbocycles. The van der Waals surface area contributed by atoms with Crippen LogP contribution >= 0.6 is 0 Å². The Hall–Kier alpha value is -0.940. The molecule has 0 fully saturated rings. The van der Waals surface area contributed by atoms with E-state index in [-0.39, 0.29) is 6.04 Å². The van der Waals surface area contributed by atoms with Gasteiger partial charge in [-0.3, -0.25) is 0 Å². The molecule has 0 bridgehead atoms. The highest BCUT2D eigenvalue weighted by atomic mass is 16.5. The number of methoxy groups -OCH3 is 1. The Morgan fingerprint density at radius 2 is 2.19 bits per heavy atom. The predicted molar refractivity (Wildman–Crippen MR) is 60.9 cm³/mol. The largest absolute Gasteiger partial charge is 0.369 e. The molecule has 1 heterocycles. The number of hydrogen-bond donors (Lipinski definition) is 1. The van der Waals surface area contributed by atoms with Crippen LogP contribution in [0.1, 0.15) is 45.3 Å². The molecule has 0 saturated carbocycles. The van der Waals surface area contributed by atoms with Crippen molar-refractivity contribution in [3.8, 4) is 0 Å². The first kappa shape index (κ1) is 13.1. The lowest BCUT2D eigenvalue weighted by Gasteiger charge is -2.21. The summed E-state index contributed by atoms with van der Waals surface area (Å²) in [6.07, 6.45) is 2.33. The van der Waals surface area contributed by atoms with Crippen LogP contribution < -0.4 is 5.73 Å². The summed E-state index contributed by atoms with van der Waals surface area (Å²) < 4.78 is 10.6. The van der Waals surface area contributed by atoms with Crippen molar-refractivity contribution in [3.05, 3.63) is 11.7 Å². The summed E-state index contributed by atoms with van der Waals surface area (Å²) in [6.45, 7) is 5.99. The standard InChI is InChI=1S/C11H21N3O2/c1-5-8(12)7-9-13-10(16-14-9)11(3,6-2)15-4/h8H,5-7,12H2,1-4H3. The van der Waals surface area contributed by atoms with Gasteiger partial charge in [-0.05, 0) is 19.8 Å². The third-order valence-electron chi connectivity index (χ3n) is 3.01. The van der Waals surface area contributed by atoms with Gasteiger partial charge in [0, 0.05) is 19.6 Å². The van der Waals surface area contributed by atoms with Gasteiger partial charge in [0.15, 0.2) is 5.82 Å². The van der Waals surface area contributed by atoms with Gasteiger partial charge in [0.1, 0.15) is 5.60 Å². The third-order valence-corrected chi connectivity index (χ3v) is 3.01. The molecule has 0 spiro atoms. The molecule has 0 aliphatic rings. The second kappa shape index (κ2) is 5.41. The first-order chi connectivity index (χ1) is 7.55. The maximum atomic E-state index is 5.84. The second-order valence-corrected chi connectivity index (χ2v) is 4.18. The highest BCUT2D eigenvalue weighted by molar-refractivity contribution is 4.98. The molecule has 0 saturated heterocycles. The topological polar surface area (TPSA) is 74.2 Å². The van der Waals surface area contributed by atoms with E-state index in [9.17, 15) is 0 Å². The highest BCUT2D eigenvalue weighted by Gasteiger charge is 2.30. The molecule has 16 heavy (non-hydrogen) atoms. The molecule has 2 atom stereocenters. The lowest BCUT2D eigenvalue weighted by molar-refractivity contribution is -0.0272. The lowest BCUT2D eigenvalue weighted by atomic mass is 10.0. The molecular weight excluding hydrogens is 206 g/mol. The first-order valence-electron chi connectivity index (χ1n) is 5.69. The van der Waals surface area contributed by atoms with E-state index in [2.05, 4.69) is 10.1 Å². The fourth-order valence-electron chi connectivity index (χ4n) is 1.31. The maximum Gasteiger partial charge on any atom is 0.258 e. The number of rotatable bonds is 6. The van der Waals surface area contributed by atoms with Gasteiger partial charge in [-0.25, -0.2) is 0 Å². The molecule has 0 radical (unpaired) electrons. The zero-order valence-electron chi connectivity index (χ0n) is 10.5. The summed E-state index contributed by atoms with van der Waals surface area (Å²) >= 11 is 0. The van der Waals surface area contributed by atoms with E-state index < -0.39 is 5.60 Å². The average Bonchev–Trinajstić information content (AvgIpc) is 2.76. The van der Waals surface area contributed by atoms with Gasteiger partial charge in [0.05, 0.1) is 0 Å². The lowest BCUT2D eigenvalue weighted by Crippen LogP contribution is -2.24. The molecule has 1 aromatic heterocycles. The zero-order chi connectivity index (χ0) is 12.2. The number of aromatic nitrogens is 2. The first-order valence-corrected chi connectivity index (χ1v) is 5.69. The normalized spacial score (nSPS) is 17.1. The van der Waals surface area contributed by atoms with Crippen LogP contribution in [0.25, 0.3) is 0 Å². The number of hydrogen-bond acceptors (Lipinski definition) is 5. The van der Waals surface area contributed by atoms with E-state index in [0.717, 1.165) is 12.8 Å². The van der Waals surface area contributed by atoms with Crippen molar-refractivity contribution in [3.63, 3.8) is 0 Å². The van der Waals surface area contributed by atoms with Gasteiger partial charge in [0.25, 0.3) is 5.89 Å². The van der Waals surface area contributed by atoms with Crippen LogP contribution in [0.2, 0.25) is 0 Å². The van der Waals surface area contributed by atoms with Crippen LogP contribution in [0.4, 0.5) is 0 Å². The third kappa shape index (κ3) is 2.80. The van der Waals surface area contributed by atoms with Gasteiger partial charge in [-0.15, -0.1) is 0 Å². The van der Waals surface area contributed by atoms with Gasteiger partial charge < -0.3 is 15.0 Å². The molecule has 0 aliphatic carbocycles. The van der Waals surface area contributed by atoms with Crippen LogP contribution in [-0.2, 0) is 16.8 Å². The van der Waals surface area contributed by atoms with Crippen LogP contribution in [0, 0.1) is 0 Å². The Morgan fingerprint density at radius 1 is 1.50 bits per heavy atom. The molecule has 1 aromatic rings. The molecule has 1 rings (SSSR count). The van der Waals surface area contributed by atoms with E-state index in [4.69, 9.17) is 15.0 Å². The Labute approximate surface area is 96.4 Å². The summed E-state index contributed by atoms with van der Waals surface area (Å²) in [5.41, 5.74) is 5.34. The van der Waals surface area contributed by atoms with Gasteiger partial charge in [0.2, 0.25) is 0 Å².